The second-order valence-corrected chi connectivity index (χ2v) is 7.81. The summed E-state index contributed by atoms with van der Waals surface area (Å²) in [7, 11) is 0. The molecule has 1 saturated heterocycles. The molecule has 1 atom stereocenters. The second-order valence-electron chi connectivity index (χ2n) is 6.70. The van der Waals surface area contributed by atoms with Gasteiger partial charge in [0.05, 0.1) is 0 Å². The Morgan fingerprint density at radius 1 is 1.07 bits per heavy atom. The molecule has 7 heteroatoms. The molecule has 1 fully saturated rings. The number of amides is 4. The number of carbonyl (C=O) groups is 3. The lowest BCUT2D eigenvalue weighted by Crippen LogP contribution is -2.43. The highest BCUT2D eigenvalue weighted by atomic mass is 32.2. The number of hydrogen-bond donors (Lipinski definition) is 2. The van der Waals surface area contributed by atoms with Crippen LogP contribution in [0.3, 0.4) is 0 Å². The molecular weight excluding hydrogens is 374 g/mol. The Morgan fingerprint density at radius 2 is 1.71 bits per heavy atom. The SMILES string of the molecule is C[C@@]1(c2ccccc2)NC(=O)N(CC(=O)NCCSCc2ccccc2)C1=O. The molecule has 3 rings (SSSR count). The van der Waals surface area contributed by atoms with Crippen molar-refractivity contribution < 1.29 is 14.4 Å². The van der Waals surface area contributed by atoms with Crippen LogP contribution in [0.15, 0.2) is 60.7 Å². The lowest BCUT2D eigenvalue weighted by atomic mass is 9.92. The van der Waals surface area contributed by atoms with Gasteiger partial charge in [0.1, 0.15) is 12.1 Å². The lowest BCUT2D eigenvalue weighted by molar-refractivity contribution is -0.134. The summed E-state index contributed by atoms with van der Waals surface area (Å²) in [5.74, 6) is 0.861. The van der Waals surface area contributed by atoms with Gasteiger partial charge in [0, 0.05) is 18.1 Å². The van der Waals surface area contributed by atoms with Crippen LogP contribution in [0.1, 0.15) is 18.1 Å². The number of rotatable bonds is 8. The Morgan fingerprint density at radius 3 is 2.39 bits per heavy atom. The minimum atomic E-state index is -1.15. The average molecular weight is 398 g/mol. The van der Waals surface area contributed by atoms with E-state index in [2.05, 4.69) is 22.8 Å². The summed E-state index contributed by atoms with van der Waals surface area (Å²) in [6, 6.07) is 18.6. The Balaban J connectivity index is 1.46. The molecule has 0 aromatic heterocycles. The van der Waals surface area contributed by atoms with Gasteiger partial charge < -0.3 is 10.6 Å². The topological polar surface area (TPSA) is 78.5 Å². The highest BCUT2D eigenvalue weighted by molar-refractivity contribution is 7.98. The first-order valence-corrected chi connectivity index (χ1v) is 10.2. The molecule has 2 aromatic rings. The van der Waals surface area contributed by atoms with E-state index in [1.807, 2.05) is 36.4 Å². The van der Waals surface area contributed by atoms with Crippen LogP contribution in [-0.2, 0) is 20.9 Å². The molecule has 6 nitrogen and oxygen atoms in total. The standard InChI is InChI=1S/C21H23N3O3S/c1-21(17-10-6-3-7-11-17)19(26)24(20(27)23-21)14-18(25)22-12-13-28-15-16-8-4-2-5-9-16/h2-11H,12-15H2,1H3,(H,22,25)(H,23,27)/t21-/m0/s1. The van der Waals surface area contributed by atoms with Gasteiger partial charge in [-0.3, -0.25) is 14.5 Å². The van der Waals surface area contributed by atoms with Crippen molar-refractivity contribution >= 4 is 29.6 Å². The smallest absolute Gasteiger partial charge is 0.325 e. The summed E-state index contributed by atoms with van der Waals surface area (Å²) in [6.07, 6.45) is 0. The van der Waals surface area contributed by atoms with Gasteiger partial charge >= 0.3 is 6.03 Å². The van der Waals surface area contributed by atoms with Gasteiger partial charge in [-0.1, -0.05) is 60.7 Å². The molecule has 0 aliphatic carbocycles. The Labute approximate surface area is 168 Å². The van der Waals surface area contributed by atoms with Gasteiger partial charge in [0.25, 0.3) is 5.91 Å². The van der Waals surface area contributed by atoms with Crippen LogP contribution in [-0.4, -0.2) is 41.6 Å². The van der Waals surface area contributed by atoms with Crippen LogP contribution < -0.4 is 10.6 Å². The highest BCUT2D eigenvalue weighted by Gasteiger charge is 2.49. The van der Waals surface area contributed by atoms with Crippen molar-refractivity contribution in [3.63, 3.8) is 0 Å². The molecule has 0 saturated carbocycles. The molecule has 2 N–H and O–H groups in total. The summed E-state index contributed by atoms with van der Waals surface area (Å²) >= 11 is 1.71. The number of urea groups is 1. The molecule has 0 unspecified atom stereocenters. The van der Waals surface area contributed by atoms with E-state index >= 15 is 0 Å². The Hall–Kier alpha value is -2.80. The zero-order chi connectivity index (χ0) is 20.0. The first kappa shape index (κ1) is 19.9. The number of thioether (sulfide) groups is 1. The van der Waals surface area contributed by atoms with Crippen LogP contribution in [0.25, 0.3) is 0 Å². The van der Waals surface area contributed by atoms with E-state index in [-0.39, 0.29) is 12.5 Å². The Kier molecular flexibility index (Phi) is 6.36. The van der Waals surface area contributed by atoms with Gasteiger partial charge in [-0.2, -0.15) is 11.8 Å². The summed E-state index contributed by atoms with van der Waals surface area (Å²) < 4.78 is 0. The van der Waals surface area contributed by atoms with Crippen molar-refractivity contribution in [2.45, 2.75) is 18.2 Å². The van der Waals surface area contributed by atoms with Gasteiger partial charge in [0.15, 0.2) is 0 Å². The second kappa shape index (κ2) is 8.93. The molecule has 0 radical (unpaired) electrons. The van der Waals surface area contributed by atoms with Crippen molar-refractivity contribution in [1.82, 2.24) is 15.5 Å². The largest absolute Gasteiger partial charge is 0.354 e. The zero-order valence-electron chi connectivity index (χ0n) is 15.7. The first-order chi connectivity index (χ1) is 13.5. The zero-order valence-corrected chi connectivity index (χ0v) is 16.5. The number of nitrogens with one attached hydrogen (secondary N) is 2. The first-order valence-electron chi connectivity index (χ1n) is 9.09. The third-order valence-corrected chi connectivity index (χ3v) is 5.64. The molecule has 1 aliphatic heterocycles. The fraction of sp³-hybridized carbons (Fsp3) is 0.286. The summed E-state index contributed by atoms with van der Waals surface area (Å²) in [6.45, 7) is 1.85. The normalized spacial score (nSPS) is 18.8. The van der Waals surface area contributed by atoms with Gasteiger partial charge in [-0.25, -0.2) is 4.79 Å². The fourth-order valence-electron chi connectivity index (χ4n) is 3.03. The number of carbonyl (C=O) groups excluding carboxylic acids is 3. The monoisotopic (exact) mass is 397 g/mol. The summed E-state index contributed by atoms with van der Waals surface area (Å²) in [4.78, 5) is 38.2. The maximum Gasteiger partial charge on any atom is 0.325 e. The maximum absolute atomic E-state index is 12.8. The minimum Gasteiger partial charge on any atom is -0.354 e. The van der Waals surface area contributed by atoms with Crippen LogP contribution in [0, 0.1) is 0 Å². The van der Waals surface area contributed by atoms with Crippen LogP contribution in [0.5, 0.6) is 0 Å². The minimum absolute atomic E-state index is 0.281. The highest BCUT2D eigenvalue weighted by Crippen LogP contribution is 2.28. The molecule has 2 aromatic carbocycles. The maximum atomic E-state index is 12.8. The Bertz CT molecular complexity index is 844. The van der Waals surface area contributed by atoms with Crippen molar-refractivity contribution in [2.24, 2.45) is 0 Å². The van der Waals surface area contributed by atoms with E-state index in [1.54, 1.807) is 30.8 Å². The van der Waals surface area contributed by atoms with E-state index in [0.29, 0.717) is 12.1 Å². The predicted octanol–water partition coefficient (Wildman–Crippen LogP) is 2.50. The molecule has 4 amide bonds. The summed E-state index contributed by atoms with van der Waals surface area (Å²) in [5, 5.41) is 5.47. The van der Waals surface area contributed by atoms with E-state index in [0.717, 1.165) is 16.4 Å². The van der Waals surface area contributed by atoms with Crippen molar-refractivity contribution in [2.75, 3.05) is 18.8 Å². The molecule has 1 heterocycles. The number of hydrogen-bond acceptors (Lipinski definition) is 4. The summed E-state index contributed by atoms with van der Waals surface area (Å²) in [5.41, 5.74) is 0.774. The van der Waals surface area contributed by atoms with E-state index in [4.69, 9.17) is 0 Å². The molecule has 0 spiro atoms. The molecule has 1 aliphatic rings. The average Bonchev–Trinajstić information content (AvgIpc) is 2.93. The number of imide groups is 1. The fourth-order valence-corrected chi connectivity index (χ4v) is 3.85. The van der Waals surface area contributed by atoms with E-state index in [9.17, 15) is 14.4 Å². The van der Waals surface area contributed by atoms with Crippen molar-refractivity contribution in [1.29, 1.82) is 0 Å². The van der Waals surface area contributed by atoms with Gasteiger partial charge in [0.2, 0.25) is 5.91 Å². The molecule has 28 heavy (non-hydrogen) atoms. The van der Waals surface area contributed by atoms with Crippen molar-refractivity contribution in [3.8, 4) is 0 Å². The predicted molar refractivity (Wildman–Crippen MR) is 110 cm³/mol. The third kappa shape index (κ3) is 4.54. The molecular formula is C21H23N3O3S. The quantitative estimate of drug-likeness (QED) is 0.530. The van der Waals surface area contributed by atoms with Gasteiger partial charge in [-0.05, 0) is 18.1 Å². The lowest BCUT2D eigenvalue weighted by Gasteiger charge is -2.22. The van der Waals surface area contributed by atoms with Crippen LogP contribution >= 0.6 is 11.8 Å². The molecule has 146 valence electrons. The van der Waals surface area contributed by atoms with E-state index in [1.165, 1.54) is 5.56 Å². The third-order valence-electron chi connectivity index (χ3n) is 4.61. The number of benzene rings is 2. The van der Waals surface area contributed by atoms with Crippen LogP contribution in [0.2, 0.25) is 0 Å². The number of nitrogens with zero attached hydrogens (tertiary/aromatic N) is 1. The van der Waals surface area contributed by atoms with Gasteiger partial charge in [-0.15, -0.1) is 0 Å². The molecule has 0 bridgehead atoms. The van der Waals surface area contributed by atoms with E-state index < -0.39 is 17.5 Å². The van der Waals surface area contributed by atoms with Crippen LogP contribution in [0.4, 0.5) is 4.79 Å². The van der Waals surface area contributed by atoms with Crippen molar-refractivity contribution in [3.05, 3.63) is 71.8 Å².